The number of alkyl carbamates (subject to hydrolysis) is 1. The third kappa shape index (κ3) is 5.95. The van der Waals surface area contributed by atoms with Gasteiger partial charge in [0, 0.05) is 12.1 Å². The molecule has 1 saturated carbocycles. The molecule has 1 aliphatic rings. The van der Waals surface area contributed by atoms with E-state index in [1.807, 2.05) is 32.9 Å². The van der Waals surface area contributed by atoms with Crippen LogP contribution in [0.4, 0.5) is 4.79 Å². The Balaban J connectivity index is 1.77. The highest BCUT2D eigenvalue weighted by atomic mass is 16.6. The largest absolute Gasteiger partial charge is 0.449 e. The number of furan rings is 1. The Hall–Kier alpha value is -2.00. The van der Waals surface area contributed by atoms with Gasteiger partial charge in [-0.2, -0.15) is 5.26 Å². The van der Waals surface area contributed by atoms with E-state index in [-0.39, 0.29) is 12.1 Å². The number of carbonyl (C=O) groups is 1. The maximum Gasteiger partial charge on any atom is 0.407 e. The summed E-state index contributed by atoms with van der Waals surface area (Å²) in [7, 11) is 0. The van der Waals surface area contributed by atoms with Crippen molar-refractivity contribution in [3.05, 3.63) is 23.7 Å². The lowest BCUT2D eigenvalue weighted by molar-refractivity contribution is 0.0488. The van der Waals surface area contributed by atoms with Crippen molar-refractivity contribution in [3.63, 3.8) is 0 Å². The van der Waals surface area contributed by atoms with E-state index in [0.29, 0.717) is 18.3 Å². The van der Waals surface area contributed by atoms with Gasteiger partial charge < -0.3 is 19.8 Å². The average molecular weight is 319 g/mol. The summed E-state index contributed by atoms with van der Waals surface area (Å²) < 4.78 is 10.7. The van der Waals surface area contributed by atoms with Crippen LogP contribution in [0.1, 0.15) is 58.0 Å². The molecule has 1 amide bonds. The van der Waals surface area contributed by atoms with E-state index in [1.165, 1.54) is 0 Å². The van der Waals surface area contributed by atoms with Crippen molar-refractivity contribution >= 4 is 6.09 Å². The SMILES string of the molecule is CC(C)(C)OC(=O)N[C@@H]1CCC[C@H](NCc2ccc(C#N)o2)C1. The molecule has 1 aromatic heterocycles. The minimum Gasteiger partial charge on any atom is -0.449 e. The molecule has 126 valence electrons. The van der Waals surface area contributed by atoms with Crippen LogP contribution in [-0.2, 0) is 11.3 Å². The van der Waals surface area contributed by atoms with Crippen molar-refractivity contribution in [2.45, 2.75) is 70.7 Å². The van der Waals surface area contributed by atoms with Gasteiger partial charge in [0.1, 0.15) is 17.4 Å². The van der Waals surface area contributed by atoms with Gasteiger partial charge in [-0.05, 0) is 58.6 Å². The van der Waals surface area contributed by atoms with E-state index in [2.05, 4.69) is 10.6 Å². The summed E-state index contributed by atoms with van der Waals surface area (Å²) in [5.41, 5.74) is -0.478. The van der Waals surface area contributed by atoms with E-state index in [1.54, 1.807) is 6.07 Å². The van der Waals surface area contributed by atoms with E-state index < -0.39 is 5.60 Å². The van der Waals surface area contributed by atoms with Gasteiger partial charge in [0.15, 0.2) is 0 Å². The Kier molecular flexibility index (Phi) is 5.67. The molecule has 23 heavy (non-hydrogen) atoms. The molecule has 6 nitrogen and oxygen atoms in total. The van der Waals surface area contributed by atoms with Gasteiger partial charge in [-0.25, -0.2) is 4.79 Å². The number of ether oxygens (including phenoxy) is 1. The van der Waals surface area contributed by atoms with Crippen LogP contribution >= 0.6 is 0 Å². The molecular formula is C17H25N3O3. The lowest BCUT2D eigenvalue weighted by Gasteiger charge is -2.31. The predicted molar refractivity (Wildman–Crippen MR) is 85.7 cm³/mol. The third-order valence-corrected chi connectivity index (χ3v) is 3.73. The molecule has 2 N–H and O–H groups in total. The molecule has 0 radical (unpaired) electrons. The summed E-state index contributed by atoms with van der Waals surface area (Å²) >= 11 is 0. The van der Waals surface area contributed by atoms with Crippen LogP contribution in [0.25, 0.3) is 0 Å². The molecule has 1 aromatic rings. The van der Waals surface area contributed by atoms with E-state index >= 15 is 0 Å². The Morgan fingerprint density at radius 2 is 2.13 bits per heavy atom. The number of nitriles is 1. The number of nitrogens with one attached hydrogen (secondary N) is 2. The molecule has 1 heterocycles. The van der Waals surface area contributed by atoms with Crippen LogP contribution < -0.4 is 10.6 Å². The van der Waals surface area contributed by atoms with Crippen molar-refractivity contribution in [2.24, 2.45) is 0 Å². The van der Waals surface area contributed by atoms with Crippen LogP contribution in [0.2, 0.25) is 0 Å². The predicted octanol–water partition coefficient (Wildman–Crippen LogP) is 3.08. The van der Waals surface area contributed by atoms with Gasteiger partial charge in [0.25, 0.3) is 0 Å². The van der Waals surface area contributed by atoms with E-state index in [9.17, 15) is 4.79 Å². The quantitative estimate of drug-likeness (QED) is 0.890. The smallest absolute Gasteiger partial charge is 0.407 e. The van der Waals surface area contributed by atoms with Crippen LogP contribution in [0.5, 0.6) is 0 Å². The first-order valence-corrected chi connectivity index (χ1v) is 8.07. The number of amides is 1. The van der Waals surface area contributed by atoms with Crippen LogP contribution in [-0.4, -0.2) is 23.8 Å². The molecule has 2 rings (SSSR count). The highest BCUT2D eigenvalue weighted by Crippen LogP contribution is 2.20. The van der Waals surface area contributed by atoms with E-state index in [4.69, 9.17) is 14.4 Å². The van der Waals surface area contributed by atoms with Gasteiger partial charge in [0.05, 0.1) is 6.54 Å². The fourth-order valence-electron chi connectivity index (χ4n) is 2.76. The van der Waals surface area contributed by atoms with Gasteiger partial charge >= 0.3 is 6.09 Å². The Morgan fingerprint density at radius 1 is 1.39 bits per heavy atom. The summed E-state index contributed by atoms with van der Waals surface area (Å²) in [5, 5.41) is 15.1. The van der Waals surface area contributed by atoms with Gasteiger partial charge in [-0.3, -0.25) is 0 Å². The second-order valence-corrected chi connectivity index (χ2v) is 6.97. The molecule has 2 atom stereocenters. The zero-order valence-corrected chi connectivity index (χ0v) is 14.0. The number of carbonyl (C=O) groups excluding carboxylic acids is 1. The average Bonchev–Trinajstić information content (AvgIpc) is 2.91. The normalized spacial score (nSPS) is 21.5. The summed E-state index contributed by atoms with van der Waals surface area (Å²) in [6, 6.07) is 5.90. The fourth-order valence-corrected chi connectivity index (χ4v) is 2.76. The second-order valence-electron chi connectivity index (χ2n) is 6.97. The highest BCUT2D eigenvalue weighted by molar-refractivity contribution is 5.68. The molecule has 1 fully saturated rings. The molecule has 1 aliphatic carbocycles. The number of nitrogens with zero attached hydrogens (tertiary/aromatic N) is 1. The molecule has 0 bridgehead atoms. The molecule has 0 unspecified atom stereocenters. The summed E-state index contributed by atoms with van der Waals surface area (Å²) in [6.45, 7) is 6.16. The third-order valence-electron chi connectivity index (χ3n) is 3.73. The lowest BCUT2D eigenvalue weighted by atomic mass is 9.91. The van der Waals surface area contributed by atoms with Gasteiger partial charge in [0.2, 0.25) is 5.76 Å². The maximum atomic E-state index is 11.8. The monoisotopic (exact) mass is 319 g/mol. The number of hydrogen-bond donors (Lipinski definition) is 2. The summed E-state index contributed by atoms with van der Waals surface area (Å²) in [5.74, 6) is 1.08. The van der Waals surface area contributed by atoms with Gasteiger partial charge in [-0.15, -0.1) is 0 Å². The highest BCUT2D eigenvalue weighted by Gasteiger charge is 2.25. The molecule has 0 aliphatic heterocycles. The van der Waals surface area contributed by atoms with E-state index in [0.717, 1.165) is 31.4 Å². The molecule has 6 heteroatoms. The maximum absolute atomic E-state index is 11.8. The lowest BCUT2D eigenvalue weighted by Crippen LogP contribution is -2.45. The van der Waals surface area contributed by atoms with Crippen molar-refractivity contribution in [1.82, 2.24) is 10.6 Å². The topological polar surface area (TPSA) is 87.3 Å². The minimum atomic E-state index is -0.478. The number of rotatable bonds is 4. The Labute approximate surface area is 137 Å². The molecular weight excluding hydrogens is 294 g/mol. The first-order valence-electron chi connectivity index (χ1n) is 8.07. The molecule has 0 spiro atoms. The van der Waals surface area contributed by atoms with Crippen molar-refractivity contribution < 1.29 is 13.9 Å². The van der Waals surface area contributed by atoms with Gasteiger partial charge in [-0.1, -0.05) is 0 Å². The Morgan fingerprint density at radius 3 is 2.78 bits per heavy atom. The van der Waals surface area contributed by atoms with Crippen LogP contribution in [0, 0.1) is 11.3 Å². The van der Waals surface area contributed by atoms with Crippen LogP contribution in [0.15, 0.2) is 16.5 Å². The molecule has 0 aromatic carbocycles. The fraction of sp³-hybridized carbons (Fsp3) is 0.647. The standard InChI is InChI=1S/C17H25N3O3/c1-17(2,3)23-16(21)20-13-6-4-5-12(9-13)19-11-15-8-7-14(10-18)22-15/h7-8,12-13,19H,4-6,9,11H2,1-3H3,(H,20,21)/t12-,13+/m0/s1. The molecule has 0 saturated heterocycles. The Bertz CT molecular complexity index is 568. The van der Waals surface area contributed by atoms with Crippen molar-refractivity contribution in [3.8, 4) is 6.07 Å². The van der Waals surface area contributed by atoms with Crippen molar-refractivity contribution in [1.29, 1.82) is 5.26 Å². The van der Waals surface area contributed by atoms with Crippen LogP contribution in [0.3, 0.4) is 0 Å². The van der Waals surface area contributed by atoms with Crippen molar-refractivity contribution in [2.75, 3.05) is 0 Å². The summed E-state index contributed by atoms with van der Waals surface area (Å²) in [6.07, 6.45) is 3.60. The first kappa shape index (κ1) is 17.4. The zero-order valence-electron chi connectivity index (χ0n) is 14.0. The second kappa shape index (κ2) is 7.51. The summed E-state index contributed by atoms with van der Waals surface area (Å²) in [4.78, 5) is 11.8. The first-order chi connectivity index (χ1) is 10.9. The zero-order chi connectivity index (χ0) is 16.9. The minimum absolute atomic E-state index is 0.127. The number of hydrogen-bond acceptors (Lipinski definition) is 5.